The summed E-state index contributed by atoms with van der Waals surface area (Å²) in [5.41, 5.74) is 1.08. The lowest BCUT2D eigenvalue weighted by Gasteiger charge is -2.39. The molecule has 1 aliphatic rings. The summed E-state index contributed by atoms with van der Waals surface area (Å²) in [5, 5.41) is 1.58. The topological polar surface area (TPSA) is 36.4 Å². The van der Waals surface area contributed by atoms with Crippen LogP contribution in [0.5, 0.6) is 0 Å². The van der Waals surface area contributed by atoms with Gasteiger partial charge in [0.25, 0.3) is 5.56 Å². The fourth-order valence-electron chi connectivity index (χ4n) is 3.78. The zero-order valence-electron chi connectivity index (χ0n) is 16.6. The van der Waals surface area contributed by atoms with Gasteiger partial charge in [-0.3, -0.25) is 9.69 Å². The Morgan fingerprint density at radius 3 is 2.75 bits per heavy atom. The summed E-state index contributed by atoms with van der Waals surface area (Å²) in [7, 11) is 0. The van der Waals surface area contributed by atoms with E-state index in [0.717, 1.165) is 55.3 Å². The van der Waals surface area contributed by atoms with E-state index in [9.17, 15) is 4.79 Å². The van der Waals surface area contributed by atoms with E-state index in [0.29, 0.717) is 11.4 Å². The van der Waals surface area contributed by atoms with Gasteiger partial charge in [0.2, 0.25) is 0 Å². The van der Waals surface area contributed by atoms with Crippen molar-refractivity contribution >= 4 is 26.6 Å². The van der Waals surface area contributed by atoms with Crippen LogP contribution in [-0.4, -0.2) is 42.1 Å². The predicted molar refractivity (Wildman–Crippen MR) is 121 cm³/mol. The maximum Gasteiger partial charge on any atom is 0.281 e. The zero-order valence-corrected chi connectivity index (χ0v) is 17.5. The van der Waals surface area contributed by atoms with Gasteiger partial charge in [0.1, 0.15) is 0 Å². The molecule has 0 N–H and O–H groups in total. The molecular weight excluding hydrogens is 366 g/mol. The highest BCUT2D eigenvalue weighted by Crippen LogP contribution is 2.28. The average Bonchev–Trinajstić information content (AvgIpc) is 2.72. The minimum absolute atomic E-state index is 0.118. The van der Waals surface area contributed by atoms with Gasteiger partial charge in [-0.25, -0.2) is 0 Å². The highest BCUT2D eigenvalue weighted by Gasteiger charge is 2.26. The summed E-state index contributed by atoms with van der Waals surface area (Å²) in [6.07, 6.45) is 8.95. The third-order valence-corrected chi connectivity index (χ3v) is 6.31. The lowest BCUT2D eigenvalue weighted by Crippen LogP contribution is -2.46. The number of fused-ring (bicyclic) bond motifs is 1. The van der Waals surface area contributed by atoms with Crippen molar-refractivity contribution in [3.8, 4) is 0 Å². The quantitative estimate of drug-likeness (QED) is 0.610. The van der Waals surface area contributed by atoms with E-state index >= 15 is 0 Å². The van der Waals surface area contributed by atoms with Crippen molar-refractivity contribution in [2.45, 2.75) is 32.2 Å². The minimum Gasteiger partial charge on any atom is -0.345 e. The molecule has 148 valence electrons. The summed E-state index contributed by atoms with van der Waals surface area (Å²) in [4.78, 5) is 21.8. The number of aromatic nitrogens is 1. The van der Waals surface area contributed by atoms with Gasteiger partial charge in [-0.05, 0) is 37.0 Å². The van der Waals surface area contributed by atoms with Crippen LogP contribution in [0.15, 0.2) is 66.0 Å². The Morgan fingerprint density at radius 2 is 2.07 bits per heavy atom. The first-order valence-corrected chi connectivity index (χ1v) is 10.8. The number of benzene rings is 1. The van der Waals surface area contributed by atoms with E-state index in [1.165, 1.54) is 5.57 Å². The summed E-state index contributed by atoms with van der Waals surface area (Å²) in [6.45, 7) is 13.8. The minimum atomic E-state index is -0.118. The van der Waals surface area contributed by atoms with Crippen molar-refractivity contribution < 1.29 is 0 Å². The molecule has 0 amide bonds. The van der Waals surface area contributed by atoms with Crippen LogP contribution in [0, 0.1) is 0 Å². The number of hydrogen-bond acceptors (Lipinski definition) is 5. The van der Waals surface area contributed by atoms with Crippen LogP contribution in [0.1, 0.15) is 26.2 Å². The van der Waals surface area contributed by atoms with E-state index in [-0.39, 0.29) is 5.56 Å². The Morgan fingerprint density at radius 1 is 1.32 bits per heavy atom. The van der Waals surface area contributed by atoms with Crippen molar-refractivity contribution in [2.24, 2.45) is 0 Å². The second-order valence-corrected chi connectivity index (χ2v) is 8.19. The molecule has 1 aromatic heterocycles. The predicted octanol–water partition coefficient (Wildman–Crippen LogP) is 4.64. The Hall–Kier alpha value is -2.24. The van der Waals surface area contributed by atoms with Crippen LogP contribution in [-0.2, 0) is 0 Å². The van der Waals surface area contributed by atoms with Crippen LogP contribution >= 0.6 is 11.3 Å². The van der Waals surface area contributed by atoms with Crippen LogP contribution in [0.4, 0.5) is 5.13 Å². The fourth-order valence-corrected chi connectivity index (χ4v) is 4.88. The number of allylic oxidation sites excluding steroid dienone is 2. The average molecular weight is 396 g/mol. The molecule has 2 heterocycles. The molecule has 2 aromatic rings. The summed E-state index contributed by atoms with van der Waals surface area (Å²) in [5.74, 6) is 0. The lowest BCUT2D eigenvalue weighted by atomic mass is 10.0. The molecule has 1 fully saturated rings. The van der Waals surface area contributed by atoms with E-state index in [2.05, 4.69) is 34.9 Å². The van der Waals surface area contributed by atoms with Crippen LogP contribution in [0.2, 0.25) is 0 Å². The number of anilines is 1. The monoisotopic (exact) mass is 395 g/mol. The molecule has 28 heavy (non-hydrogen) atoms. The molecule has 4 nitrogen and oxygen atoms in total. The molecule has 0 unspecified atom stereocenters. The highest BCUT2D eigenvalue weighted by atomic mass is 32.1. The summed E-state index contributed by atoms with van der Waals surface area (Å²) >= 11 is 1.63. The molecule has 0 aliphatic carbocycles. The first-order valence-electron chi connectivity index (χ1n) is 9.99. The molecular formula is C23H29N3OS. The zero-order chi connectivity index (χ0) is 19.9. The Balaban J connectivity index is 1.75. The van der Waals surface area contributed by atoms with Gasteiger partial charge < -0.3 is 4.90 Å². The van der Waals surface area contributed by atoms with Gasteiger partial charge in [0.05, 0.1) is 5.39 Å². The van der Waals surface area contributed by atoms with E-state index in [1.807, 2.05) is 42.5 Å². The molecule has 1 aliphatic heterocycles. The Bertz CT molecular complexity index is 909. The van der Waals surface area contributed by atoms with Crippen molar-refractivity contribution in [1.29, 1.82) is 0 Å². The first-order chi connectivity index (χ1) is 13.7. The number of nitrogens with zero attached hydrogens (tertiary/aromatic N) is 3. The molecule has 5 heteroatoms. The van der Waals surface area contributed by atoms with Gasteiger partial charge in [0.15, 0.2) is 5.13 Å². The smallest absolute Gasteiger partial charge is 0.281 e. The SMILES string of the molecule is C=C/C=C(\C=C)CN1CCC(N(CCC)c2nc(=O)c3ccccc3s2)CC1. The van der Waals surface area contributed by atoms with Crippen molar-refractivity contribution in [2.75, 3.05) is 31.1 Å². The third-order valence-electron chi connectivity index (χ3n) is 5.22. The molecule has 1 saturated heterocycles. The number of rotatable bonds is 8. The maximum absolute atomic E-state index is 12.5. The van der Waals surface area contributed by atoms with Crippen LogP contribution in [0.25, 0.3) is 10.1 Å². The molecule has 0 radical (unpaired) electrons. The largest absolute Gasteiger partial charge is 0.345 e. The van der Waals surface area contributed by atoms with E-state index < -0.39 is 0 Å². The van der Waals surface area contributed by atoms with E-state index in [1.54, 1.807) is 11.3 Å². The molecule has 0 spiro atoms. The van der Waals surface area contributed by atoms with Crippen molar-refractivity contribution in [1.82, 2.24) is 9.88 Å². The van der Waals surface area contributed by atoms with E-state index in [4.69, 9.17) is 0 Å². The lowest BCUT2D eigenvalue weighted by molar-refractivity contribution is 0.225. The van der Waals surface area contributed by atoms with Gasteiger partial charge in [0, 0.05) is 36.9 Å². The molecule has 1 aromatic carbocycles. The van der Waals surface area contributed by atoms with Crippen molar-refractivity contribution in [3.63, 3.8) is 0 Å². The maximum atomic E-state index is 12.5. The van der Waals surface area contributed by atoms with Gasteiger partial charge in [-0.2, -0.15) is 4.98 Å². The van der Waals surface area contributed by atoms with Gasteiger partial charge >= 0.3 is 0 Å². The van der Waals surface area contributed by atoms with Crippen LogP contribution < -0.4 is 10.5 Å². The number of hydrogen-bond donors (Lipinski definition) is 0. The summed E-state index contributed by atoms with van der Waals surface area (Å²) in [6, 6.07) is 8.19. The third kappa shape index (κ3) is 4.78. The van der Waals surface area contributed by atoms with Gasteiger partial charge in [-0.15, -0.1) is 0 Å². The second-order valence-electron chi connectivity index (χ2n) is 7.18. The molecule has 0 saturated carbocycles. The first kappa shape index (κ1) is 20.5. The standard InChI is InChI=1S/C23H29N3OS/c1-4-9-18(6-3)17-25-15-12-19(13-16-25)26(14-5-2)23-24-22(27)20-10-7-8-11-21(20)28-23/h4,6-11,19H,1,3,5,12-17H2,2H3/b18-9+. The molecule has 3 rings (SSSR count). The van der Waals surface area contributed by atoms with Crippen molar-refractivity contribution in [3.05, 3.63) is 71.6 Å². The summed E-state index contributed by atoms with van der Waals surface area (Å²) < 4.78 is 1.02. The highest BCUT2D eigenvalue weighted by molar-refractivity contribution is 7.21. The van der Waals surface area contributed by atoms with Crippen LogP contribution in [0.3, 0.4) is 0 Å². The second kappa shape index (κ2) is 9.80. The Labute approximate surface area is 171 Å². The molecule has 0 atom stereocenters. The number of likely N-dealkylation sites (tertiary alicyclic amines) is 1. The fraction of sp³-hybridized carbons (Fsp3) is 0.391. The molecule has 0 bridgehead atoms. The Kier molecular flexibility index (Phi) is 7.18. The normalized spacial score (nSPS) is 16.2. The number of piperidine rings is 1. The van der Waals surface area contributed by atoms with Gasteiger partial charge in [-0.1, -0.05) is 61.8 Å².